The fourth-order valence-corrected chi connectivity index (χ4v) is 2.04. The lowest BCUT2D eigenvalue weighted by molar-refractivity contribution is -0.149. The third-order valence-electron chi connectivity index (χ3n) is 3.22. The van der Waals surface area contributed by atoms with Gasteiger partial charge in [-0.3, -0.25) is 4.79 Å². The number of carbonyl (C=O) groups is 2. The number of benzene rings is 2. The number of nitrogens with one attached hydrogen (secondary N) is 1. The molecular weight excluding hydrogens is 321 g/mol. The molecule has 1 N–H and O–H groups in total. The van der Waals surface area contributed by atoms with Crippen molar-refractivity contribution in [3.05, 3.63) is 90.3 Å². The average molecular weight is 339 g/mol. The minimum atomic E-state index is -1.12. The second-order valence-electron chi connectivity index (χ2n) is 5.11. The van der Waals surface area contributed by atoms with Gasteiger partial charge in [0.15, 0.2) is 0 Å². The molecule has 128 valence electrons. The summed E-state index contributed by atoms with van der Waals surface area (Å²) in [7, 11) is 0. The van der Waals surface area contributed by atoms with Gasteiger partial charge in [0.05, 0.1) is 0 Å². The fourth-order valence-electron chi connectivity index (χ4n) is 2.04. The number of carbonyl (C=O) groups excluding carboxylic acids is 2. The highest BCUT2D eigenvalue weighted by molar-refractivity contribution is 5.96. The maximum Gasteiger partial charge on any atom is 0.331 e. The van der Waals surface area contributed by atoms with Gasteiger partial charge in [-0.15, -0.1) is 0 Å². The van der Waals surface area contributed by atoms with Crippen LogP contribution in [-0.4, -0.2) is 11.9 Å². The van der Waals surface area contributed by atoms with E-state index in [1.165, 1.54) is 36.4 Å². The first-order valence-corrected chi connectivity index (χ1v) is 7.71. The van der Waals surface area contributed by atoms with E-state index in [4.69, 9.17) is 4.74 Å². The molecule has 1 atom stereocenters. The Kier molecular flexibility index (Phi) is 6.65. The van der Waals surface area contributed by atoms with Gasteiger partial charge in [0.1, 0.15) is 5.82 Å². The molecule has 0 saturated carbocycles. The van der Waals surface area contributed by atoms with Gasteiger partial charge in [-0.1, -0.05) is 48.6 Å². The molecule has 2 aromatic rings. The third-order valence-corrected chi connectivity index (χ3v) is 3.22. The van der Waals surface area contributed by atoms with E-state index in [1.807, 2.05) is 6.92 Å². The topological polar surface area (TPSA) is 55.4 Å². The Morgan fingerprint density at radius 2 is 1.72 bits per heavy atom. The summed E-state index contributed by atoms with van der Waals surface area (Å²) < 4.78 is 18.3. The second kappa shape index (κ2) is 9.17. The summed E-state index contributed by atoms with van der Waals surface area (Å²) in [6.45, 7) is 1.82. The number of anilines is 1. The second-order valence-corrected chi connectivity index (χ2v) is 5.11. The zero-order valence-electron chi connectivity index (χ0n) is 13.7. The molecule has 0 aliphatic rings. The molecule has 25 heavy (non-hydrogen) atoms. The Bertz CT molecular complexity index is 767. The van der Waals surface area contributed by atoms with Crippen LogP contribution >= 0.6 is 0 Å². The highest BCUT2D eigenvalue weighted by Gasteiger charge is 2.24. The molecule has 1 unspecified atom stereocenters. The van der Waals surface area contributed by atoms with E-state index in [0.717, 1.165) is 0 Å². The summed E-state index contributed by atoms with van der Waals surface area (Å²) in [6.07, 6.45) is 5.09. The average Bonchev–Trinajstić information content (AvgIpc) is 2.62. The molecule has 0 radical (unpaired) electrons. The predicted molar refractivity (Wildman–Crippen MR) is 94.3 cm³/mol. The Morgan fingerprint density at radius 1 is 1.04 bits per heavy atom. The first-order valence-electron chi connectivity index (χ1n) is 7.71. The molecule has 0 aliphatic heterocycles. The highest BCUT2D eigenvalue weighted by atomic mass is 19.1. The van der Waals surface area contributed by atoms with Crippen molar-refractivity contribution >= 4 is 17.6 Å². The Balaban J connectivity index is 2.17. The standard InChI is InChI=1S/C20H18FNO3/c1-2-3-5-10-18(23)25-19(15-8-6-4-7-9-15)20(24)22-17-13-11-16(21)12-14-17/h2-14,19H,1H3,(H,22,24)/b3-2+,10-5+. The van der Waals surface area contributed by atoms with Crippen molar-refractivity contribution in [2.45, 2.75) is 13.0 Å². The first-order chi connectivity index (χ1) is 12.1. The lowest BCUT2D eigenvalue weighted by Crippen LogP contribution is -2.25. The Labute approximate surface area is 145 Å². The Morgan fingerprint density at radius 3 is 2.36 bits per heavy atom. The Hall–Kier alpha value is -3.21. The minimum Gasteiger partial charge on any atom is -0.444 e. The van der Waals surface area contributed by atoms with Gasteiger partial charge >= 0.3 is 5.97 Å². The molecule has 0 spiro atoms. The van der Waals surface area contributed by atoms with Crippen LogP contribution < -0.4 is 5.32 Å². The molecule has 2 aromatic carbocycles. The van der Waals surface area contributed by atoms with E-state index in [9.17, 15) is 14.0 Å². The SMILES string of the molecule is C/C=C/C=C/C(=O)OC(C(=O)Nc1ccc(F)cc1)c1ccccc1. The molecule has 0 bridgehead atoms. The van der Waals surface area contributed by atoms with E-state index >= 15 is 0 Å². The largest absolute Gasteiger partial charge is 0.444 e. The summed E-state index contributed by atoms with van der Waals surface area (Å²) in [5.41, 5.74) is 0.947. The van der Waals surface area contributed by atoms with Crippen molar-refractivity contribution in [3.8, 4) is 0 Å². The summed E-state index contributed by atoms with van der Waals surface area (Å²) in [5.74, 6) is -1.56. The zero-order valence-corrected chi connectivity index (χ0v) is 13.7. The normalized spacial score (nSPS) is 12.2. The number of hydrogen-bond acceptors (Lipinski definition) is 3. The van der Waals surface area contributed by atoms with Crippen LogP contribution in [-0.2, 0) is 14.3 Å². The van der Waals surface area contributed by atoms with Crippen LogP contribution in [0.25, 0.3) is 0 Å². The van der Waals surface area contributed by atoms with Gasteiger partial charge in [-0.2, -0.15) is 0 Å². The predicted octanol–water partition coefficient (Wildman–Crippen LogP) is 4.18. The quantitative estimate of drug-likeness (QED) is 0.488. The van der Waals surface area contributed by atoms with Crippen molar-refractivity contribution in [2.24, 2.45) is 0 Å². The molecule has 0 fully saturated rings. The van der Waals surface area contributed by atoms with Crippen LogP contribution in [0.1, 0.15) is 18.6 Å². The van der Waals surface area contributed by atoms with Crippen LogP contribution in [0.3, 0.4) is 0 Å². The summed E-state index contributed by atoms with van der Waals surface area (Å²) in [5, 5.41) is 2.62. The molecule has 1 amide bonds. The van der Waals surface area contributed by atoms with Crippen LogP contribution in [0.15, 0.2) is 78.9 Å². The minimum absolute atomic E-state index is 0.404. The van der Waals surface area contributed by atoms with E-state index in [0.29, 0.717) is 11.3 Å². The molecule has 0 saturated heterocycles. The van der Waals surface area contributed by atoms with Crippen molar-refractivity contribution in [1.82, 2.24) is 0 Å². The number of allylic oxidation sites excluding steroid dienone is 3. The molecule has 4 nitrogen and oxygen atoms in total. The van der Waals surface area contributed by atoms with Gasteiger partial charge in [-0.05, 0) is 31.2 Å². The van der Waals surface area contributed by atoms with Crippen LogP contribution in [0.5, 0.6) is 0 Å². The molecule has 0 heterocycles. The summed E-state index contributed by atoms with van der Waals surface area (Å²) >= 11 is 0. The summed E-state index contributed by atoms with van der Waals surface area (Å²) in [4.78, 5) is 24.5. The van der Waals surface area contributed by atoms with Crippen LogP contribution in [0.2, 0.25) is 0 Å². The third kappa shape index (κ3) is 5.73. The van der Waals surface area contributed by atoms with Gasteiger partial charge in [0.25, 0.3) is 5.91 Å². The van der Waals surface area contributed by atoms with E-state index < -0.39 is 23.8 Å². The van der Waals surface area contributed by atoms with Gasteiger partial charge < -0.3 is 10.1 Å². The maximum absolute atomic E-state index is 13.0. The van der Waals surface area contributed by atoms with Crippen molar-refractivity contribution in [1.29, 1.82) is 0 Å². The van der Waals surface area contributed by atoms with Crippen LogP contribution in [0.4, 0.5) is 10.1 Å². The molecular formula is C20H18FNO3. The van der Waals surface area contributed by atoms with E-state index in [2.05, 4.69) is 5.32 Å². The molecule has 5 heteroatoms. The number of esters is 1. The molecule has 0 aromatic heterocycles. The van der Waals surface area contributed by atoms with E-state index in [-0.39, 0.29) is 0 Å². The van der Waals surface area contributed by atoms with Crippen molar-refractivity contribution in [3.63, 3.8) is 0 Å². The first kappa shape index (κ1) is 18.1. The fraction of sp³-hybridized carbons (Fsp3) is 0.100. The number of amides is 1. The maximum atomic E-state index is 13.0. The smallest absolute Gasteiger partial charge is 0.331 e. The van der Waals surface area contributed by atoms with Gasteiger partial charge in [-0.25, -0.2) is 9.18 Å². The number of rotatable bonds is 6. The molecule has 2 rings (SSSR count). The highest BCUT2D eigenvalue weighted by Crippen LogP contribution is 2.20. The van der Waals surface area contributed by atoms with Crippen molar-refractivity contribution in [2.75, 3.05) is 5.32 Å². The zero-order chi connectivity index (χ0) is 18.1. The van der Waals surface area contributed by atoms with E-state index in [1.54, 1.807) is 42.5 Å². The van der Waals surface area contributed by atoms with Crippen LogP contribution in [0, 0.1) is 5.82 Å². The number of ether oxygens (including phenoxy) is 1. The summed E-state index contributed by atoms with van der Waals surface area (Å²) in [6, 6.07) is 14.0. The van der Waals surface area contributed by atoms with Gasteiger partial charge in [0.2, 0.25) is 6.10 Å². The number of halogens is 1. The molecule has 0 aliphatic carbocycles. The number of hydrogen-bond donors (Lipinski definition) is 1. The lowest BCUT2D eigenvalue weighted by Gasteiger charge is -2.17. The van der Waals surface area contributed by atoms with Crippen molar-refractivity contribution < 1.29 is 18.7 Å². The van der Waals surface area contributed by atoms with Gasteiger partial charge in [0, 0.05) is 17.3 Å². The monoisotopic (exact) mass is 339 g/mol. The lowest BCUT2D eigenvalue weighted by atomic mass is 10.1.